The highest BCUT2D eigenvalue weighted by molar-refractivity contribution is 7.20. The largest absolute Gasteiger partial charge is 0.481 e. The Morgan fingerprint density at radius 2 is 1.81 bits per heavy atom. The van der Waals surface area contributed by atoms with Gasteiger partial charge in [0.2, 0.25) is 0 Å². The van der Waals surface area contributed by atoms with Crippen LogP contribution in [0.15, 0.2) is 48.5 Å². The van der Waals surface area contributed by atoms with Crippen molar-refractivity contribution in [1.82, 2.24) is 10.9 Å². The number of hydrogen-bond donors (Lipinski definition) is 2. The van der Waals surface area contributed by atoms with Gasteiger partial charge in [0, 0.05) is 4.70 Å². The molecule has 2 amide bonds. The van der Waals surface area contributed by atoms with Crippen molar-refractivity contribution in [3.8, 4) is 5.75 Å². The summed E-state index contributed by atoms with van der Waals surface area (Å²) in [5, 5.41) is 1.00. The Labute approximate surface area is 156 Å². The molecule has 1 unspecified atom stereocenters. The molecule has 0 bridgehead atoms. The molecule has 1 aromatic heterocycles. The summed E-state index contributed by atoms with van der Waals surface area (Å²) in [6, 6.07) is 15.2. The van der Waals surface area contributed by atoms with E-state index in [9.17, 15) is 9.59 Å². The van der Waals surface area contributed by atoms with Crippen molar-refractivity contribution in [2.45, 2.75) is 26.9 Å². The molecule has 0 aliphatic carbocycles. The van der Waals surface area contributed by atoms with E-state index in [0.29, 0.717) is 10.6 Å². The van der Waals surface area contributed by atoms with Gasteiger partial charge in [-0.25, -0.2) is 0 Å². The number of benzene rings is 2. The first-order valence-electron chi connectivity index (χ1n) is 8.27. The van der Waals surface area contributed by atoms with Crippen molar-refractivity contribution in [3.63, 3.8) is 0 Å². The van der Waals surface area contributed by atoms with Crippen LogP contribution in [-0.2, 0) is 4.79 Å². The molecule has 0 aliphatic heterocycles. The lowest BCUT2D eigenvalue weighted by Crippen LogP contribution is -2.47. The van der Waals surface area contributed by atoms with Crippen molar-refractivity contribution in [2.24, 2.45) is 0 Å². The molecular formula is C20H20N2O3S. The highest BCUT2D eigenvalue weighted by Gasteiger charge is 2.18. The van der Waals surface area contributed by atoms with Crippen LogP contribution < -0.4 is 15.6 Å². The van der Waals surface area contributed by atoms with Crippen molar-refractivity contribution < 1.29 is 14.3 Å². The van der Waals surface area contributed by atoms with Crippen LogP contribution in [0.25, 0.3) is 10.1 Å². The molecule has 2 N–H and O–H groups in total. The second-order valence-corrected chi connectivity index (χ2v) is 7.13. The standard InChI is InChI=1S/C20H20N2O3S/c1-12-7-6-9-16(13(12)2)25-14(3)19(23)21-22-20(24)18-11-15-8-4-5-10-17(15)26-18/h4-11,14H,1-3H3,(H,21,23)(H,22,24). The highest BCUT2D eigenvalue weighted by atomic mass is 32.1. The molecule has 3 aromatic rings. The second-order valence-electron chi connectivity index (χ2n) is 6.05. The van der Waals surface area contributed by atoms with Crippen molar-refractivity contribution in [2.75, 3.05) is 0 Å². The molecule has 0 spiro atoms. The van der Waals surface area contributed by atoms with Gasteiger partial charge in [-0.05, 0) is 55.5 Å². The first-order chi connectivity index (χ1) is 12.5. The molecule has 3 rings (SSSR count). The van der Waals surface area contributed by atoms with Crippen LogP contribution in [0.1, 0.15) is 27.7 Å². The fourth-order valence-corrected chi connectivity index (χ4v) is 3.43. The molecule has 0 fully saturated rings. The Morgan fingerprint density at radius 3 is 2.58 bits per heavy atom. The summed E-state index contributed by atoms with van der Waals surface area (Å²) in [5.41, 5.74) is 6.95. The van der Waals surface area contributed by atoms with E-state index >= 15 is 0 Å². The summed E-state index contributed by atoms with van der Waals surface area (Å²) in [5.74, 6) is -0.109. The molecule has 2 aromatic carbocycles. The molecule has 0 saturated carbocycles. The first kappa shape index (κ1) is 17.9. The molecule has 6 heteroatoms. The summed E-state index contributed by atoms with van der Waals surface area (Å²) in [6.07, 6.45) is -0.738. The Morgan fingerprint density at radius 1 is 1.04 bits per heavy atom. The number of thiophene rings is 1. The lowest BCUT2D eigenvalue weighted by Gasteiger charge is -2.17. The third-order valence-corrected chi connectivity index (χ3v) is 5.29. The van der Waals surface area contributed by atoms with Crippen LogP contribution in [0.5, 0.6) is 5.75 Å². The number of fused-ring (bicyclic) bond motifs is 1. The number of nitrogens with one attached hydrogen (secondary N) is 2. The number of aryl methyl sites for hydroxylation is 1. The average Bonchev–Trinajstić information content (AvgIpc) is 3.07. The highest BCUT2D eigenvalue weighted by Crippen LogP contribution is 2.25. The molecule has 0 radical (unpaired) electrons. The van der Waals surface area contributed by atoms with Crippen LogP contribution in [-0.4, -0.2) is 17.9 Å². The maximum Gasteiger partial charge on any atom is 0.279 e. The Hall–Kier alpha value is -2.86. The van der Waals surface area contributed by atoms with E-state index in [4.69, 9.17) is 4.74 Å². The van der Waals surface area contributed by atoms with Gasteiger partial charge in [-0.2, -0.15) is 0 Å². The molecule has 26 heavy (non-hydrogen) atoms. The van der Waals surface area contributed by atoms with Gasteiger partial charge in [0.1, 0.15) is 5.75 Å². The maximum atomic E-state index is 12.2. The zero-order valence-electron chi connectivity index (χ0n) is 14.8. The van der Waals surface area contributed by atoms with Crippen LogP contribution in [0.2, 0.25) is 0 Å². The predicted octanol–water partition coefficient (Wildman–Crippen LogP) is 3.75. The Bertz CT molecular complexity index is 932. The number of rotatable bonds is 4. The van der Waals surface area contributed by atoms with E-state index in [0.717, 1.165) is 21.2 Å². The maximum absolute atomic E-state index is 12.2. The molecule has 0 aliphatic rings. The fraction of sp³-hybridized carbons (Fsp3) is 0.200. The zero-order valence-corrected chi connectivity index (χ0v) is 15.6. The number of carbonyl (C=O) groups is 2. The first-order valence-corrected chi connectivity index (χ1v) is 9.09. The summed E-state index contributed by atoms with van der Waals surface area (Å²) < 4.78 is 6.74. The van der Waals surface area contributed by atoms with Gasteiger partial charge in [-0.1, -0.05) is 30.3 Å². The Balaban J connectivity index is 1.59. The van der Waals surface area contributed by atoms with Gasteiger partial charge < -0.3 is 4.74 Å². The molecule has 1 heterocycles. The lowest BCUT2D eigenvalue weighted by molar-refractivity contribution is -0.128. The van der Waals surface area contributed by atoms with Gasteiger partial charge in [0.15, 0.2) is 6.10 Å². The summed E-state index contributed by atoms with van der Waals surface area (Å²) in [4.78, 5) is 25.0. The van der Waals surface area contributed by atoms with Gasteiger partial charge in [-0.3, -0.25) is 20.4 Å². The SMILES string of the molecule is Cc1cccc(OC(C)C(=O)NNC(=O)c2cc3ccccc3s2)c1C. The molecule has 5 nitrogen and oxygen atoms in total. The minimum absolute atomic E-state index is 0.349. The minimum atomic E-state index is -0.738. The van der Waals surface area contributed by atoms with E-state index in [1.807, 2.05) is 56.3 Å². The smallest absolute Gasteiger partial charge is 0.279 e. The Kier molecular flexibility index (Phi) is 5.23. The van der Waals surface area contributed by atoms with Crippen LogP contribution in [0, 0.1) is 13.8 Å². The van der Waals surface area contributed by atoms with E-state index in [1.165, 1.54) is 11.3 Å². The zero-order chi connectivity index (χ0) is 18.7. The summed E-state index contributed by atoms with van der Waals surface area (Å²) in [7, 11) is 0. The van der Waals surface area contributed by atoms with Crippen LogP contribution in [0.3, 0.4) is 0 Å². The van der Waals surface area contributed by atoms with Gasteiger partial charge in [0.05, 0.1) is 4.88 Å². The summed E-state index contributed by atoms with van der Waals surface area (Å²) >= 11 is 1.38. The third-order valence-electron chi connectivity index (χ3n) is 4.18. The van der Waals surface area contributed by atoms with E-state index in [1.54, 1.807) is 13.0 Å². The predicted molar refractivity (Wildman–Crippen MR) is 103 cm³/mol. The van der Waals surface area contributed by atoms with Crippen LogP contribution in [0.4, 0.5) is 0 Å². The summed E-state index contributed by atoms with van der Waals surface area (Å²) in [6.45, 7) is 5.57. The van der Waals surface area contributed by atoms with Gasteiger partial charge in [-0.15, -0.1) is 11.3 Å². The minimum Gasteiger partial charge on any atom is -0.481 e. The monoisotopic (exact) mass is 368 g/mol. The van der Waals surface area contributed by atoms with Crippen molar-refractivity contribution in [1.29, 1.82) is 0 Å². The van der Waals surface area contributed by atoms with E-state index < -0.39 is 12.0 Å². The fourth-order valence-electron chi connectivity index (χ4n) is 2.47. The van der Waals surface area contributed by atoms with Crippen molar-refractivity contribution in [3.05, 3.63) is 64.5 Å². The molecular weight excluding hydrogens is 348 g/mol. The number of amides is 2. The quantitative estimate of drug-likeness (QED) is 0.689. The number of carbonyl (C=O) groups excluding carboxylic acids is 2. The molecule has 0 saturated heterocycles. The normalized spacial score (nSPS) is 11.8. The number of hydrogen-bond acceptors (Lipinski definition) is 4. The van der Waals surface area contributed by atoms with Crippen LogP contribution >= 0.6 is 11.3 Å². The molecule has 1 atom stereocenters. The average molecular weight is 368 g/mol. The molecule has 134 valence electrons. The van der Waals surface area contributed by atoms with Crippen molar-refractivity contribution >= 4 is 33.2 Å². The van der Waals surface area contributed by atoms with E-state index in [2.05, 4.69) is 10.9 Å². The number of hydrazine groups is 1. The number of ether oxygens (including phenoxy) is 1. The topological polar surface area (TPSA) is 67.4 Å². The van der Waals surface area contributed by atoms with Gasteiger partial charge in [0.25, 0.3) is 11.8 Å². The van der Waals surface area contributed by atoms with E-state index in [-0.39, 0.29) is 5.91 Å². The lowest BCUT2D eigenvalue weighted by atomic mass is 10.1. The van der Waals surface area contributed by atoms with Gasteiger partial charge >= 0.3 is 0 Å². The third kappa shape index (κ3) is 3.86. The second kappa shape index (κ2) is 7.58.